The zero-order valence-corrected chi connectivity index (χ0v) is 17.6. The number of hydrogen-bond acceptors (Lipinski definition) is 4. The fraction of sp³-hybridized carbons (Fsp3) is 0.0455. The standard InChI is InChI=1S/C22H18N2O4S2/c1-15-10-12-18(13-11-15)30(27,28)24(22(26)21(23)25)29-19-8-4-2-6-16(19)14-17-7-3-5-9-20(17)29/h2-14H,1H3,(H2,23,25). The van der Waals surface area contributed by atoms with E-state index in [0.717, 1.165) is 16.3 Å². The van der Waals surface area contributed by atoms with Gasteiger partial charge in [-0.1, -0.05) is 54.1 Å². The van der Waals surface area contributed by atoms with Crippen LogP contribution in [0.3, 0.4) is 0 Å². The van der Waals surface area contributed by atoms with Crippen molar-refractivity contribution in [1.82, 2.24) is 3.71 Å². The third-order valence-electron chi connectivity index (χ3n) is 4.65. The van der Waals surface area contributed by atoms with Crippen LogP contribution in [0.1, 0.15) is 11.1 Å². The minimum Gasteiger partial charge on any atom is -0.361 e. The Labute approximate surface area is 176 Å². The normalized spacial score (nSPS) is 14.8. The predicted octanol–water partition coefficient (Wildman–Crippen LogP) is 2.33. The molecule has 0 aliphatic carbocycles. The molecule has 0 fully saturated rings. The number of sulfonamides is 1. The maximum absolute atomic E-state index is 13.6. The molecule has 0 aromatic heterocycles. The van der Waals surface area contributed by atoms with Crippen LogP contribution in [0.25, 0.3) is 6.08 Å². The lowest BCUT2D eigenvalue weighted by Crippen LogP contribution is -2.41. The van der Waals surface area contributed by atoms with Gasteiger partial charge in [0.2, 0.25) is 0 Å². The van der Waals surface area contributed by atoms with E-state index in [9.17, 15) is 18.0 Å². The third-order valence-corrected chi connectivity index (χ3v) is 9.23. The molecule has 8 heteroatoms. The van der Waals surface area contributed by atoms with E-state index in [1.165, 1.54) is 12.1 Å². The maximum atomic E-state index is 13.6. The van der Waals surface area contributed by atoms with Crippen LogP contribution in [0, 0.1) is 11.4 Å². The number of nitrogens with two attached hydrogens (primary N) is 1. The van der Waals surface area contributed by atoms with E-state index < -0.39 is 32.5 Å². The molecular weight excluding hydrogens is 420 g/mol. The van der Waals surface area contributed by atoms with Gasteiger partial charge in [0.15, 0.2) is 0 Å². The van der Waals surface area contributed by atoms with Crippen molar-refractivity contribution in [1.29, 1.82) is 0 Å². The first-order valence-electron chi connectivity index (χ1n) is 9.03. The Morgan fingerprint density at radius 2 is 1.53 bits per heavy atom. The number of carbonyl (C=O) groups is 2. The second-order valence-corrected chi connectivity index (χ2v) is 10.6. The smallest absolute Gasteiger partial charge is 0.335 e. The molecule has 1 aliphatic heterocycles. The number of hydrogen-bond donors (Lipinski definition) is 1. The molecule has 0 saturated heterocycles. The monoisotopic (exact) mass is 438 g/mol. The van der Waals surface area contributed by atoms with E-state index >= 15 is 0 Å². The molecule has 1 aliphatic rings. The Bertz CT molecular complexity index is 1410. The minimum absolute atomic E-state index is 0.0836. The van der Waals surface area contributed by atoms with Gasteiger partial charge in [-0.05, 0) is 58.7 Å². The highest BCUT2D eigenvalue weighted by Gasteiger charge is 2.37. The fourth-order valence-electron chi connectivity index (χ4n) is 3.20. The first-order chi connectivity index (χ1) is 14.3. The quantitative estimate of drug-likeness (QED) is 0.501. The largest absolute Gasteiger partial charge is 0.361 e. The molecule has 152 valence electrons. The molecule has 2 N–H and O–H groups in total. The first kappa shape index (κ1) is 20.1. The summed E-state index contributed by atoms with van der Waals surface area (Å²) in [5.41, 5.74) is 6.93. The number of rotatable bonds is 3. The molecule has 0 radical (unpaired) electrons. The topological polar surface area (TPSA) is 97.5 Å². The highest BCUT2D eigenvalue weighted by atomic mass is 32.3. The van der Waals surface area contributed by atoms with E-state index in [4.69, 9.17) is 5.73 Å². The summed E-state index contributed by atoms with van der Waals surface area (Å²) in [6, 6.07) is 20.5. The summed E-state index contributed by atoms with van der Waals surface area (Å²) in [6.07, 6.45) is 1.93. The highest BCUT2D eigenvalue weighted by Crippen LogP contribution is 2.41. The maximum Gasteiger partial charge on any atom is 0.335 e. The summed E-state index contributed by atoms with van der Waals surface area (Å²) in [5.74, 6) is -2.60. The lowest BCUT2D eigenvalue weighted by atomic mass is 10.1. The SMILES string of the molecule is Cc1ccc(S(=O)(=O)N(C(=O)C(N)=O)S2=c3ccccc3=Cc3ccccc32)cc1. The van der Waals surface area contributed by atoms with Gasteiger partial charge in [0.25, 0.3) is 10.0 Å². The predicted molar refractivity (Wildman–Crippen MR) is 115 cm³/mol. The van der Waals surface area contributed by atoms with Gasteiger partial charge in [-0.15, -0.1) is 0 Å². The van der Waals surface area contributed by atoms with Gasteiger partial charge in [0.05, 0.1) is 4.90 Å². The third kappa shape index (κ3) is 3.34. The molecule has 0 saturated carbocycles. The van der Waals surface area contributed by atoms with Crippen molar-refractivity contribution in [2.75, 3.05) is 0 Å². The molecule has 2 amide bonds. The van der Waals surface area contributed by atoms with E-state index in [-0.39, 0.29) is 4.90 Å². The van der Waals surface area contributed by atoms with Crippen LogP contribution in [0.5, 0.6) is 0 Å². The van der Waals surface area contributed by atoms with Crippen molar-refractivity contribution in [2.45, 2.75) is 16.7 Å². The molecule has 3 aromatic carbocycles. The van der Waals surface area contributed by atoms with Crippen molar-refractivity contribution in [3.63, 3.8) is 0 Å². The van der Waals surface area contributed by atoms with Gasteiger partial charge < -0.3 is 5.73 Å². The number of benzene rings is 3. The van der Waals surface area contributed by atoms with Crippen molar-refractivity contribution in [3.05, 3.63) is 93.7 Å². The van der Waals surface area contributed by atoms with Crippen LogP contribution in [-0.4, -0.2) is 23.9 Å². The van der Waals surface area contributed by atoms with Crippen LogP contribution in [0.15, 0.2) is 82.6 Å². The summed E-state index contributed by atoms with van der Waals surface area (Å²) < 4.78 is 28.5. The van der Waals surface area contributed by atoms with E-state index in [2.05, 4.69) is 0 Å². The van der Waals surface area contributed by atoms with Crippen molar-refractivity contribution in [3.8, 4) is 0 Å². The van der Waals surface area contributed by atoms with E-state index in [0.29, 0.717) is 13.1 Å². The van der Waals surface area contributed by atoms with Crippen LogP contribution < -0.4 is 11.0 Å². The van der Waals surface area contributed by atoms with Crippen LogP contribution in [0.4, 0.5) is 0 Å². The molecule has 6 nitrogen and oxygen atoms in total. The molecule has 0 bridgehead atoms. The van der Waals surface area contributed by atoms with Gasteiger partial charge in [-0.3, -0.25) is 9.59 Å². The van der Waals surface area contributed by atoms with E-state index in [1.54, 1.807) is 36.4 Å². The fourth-order valence-corrected chi connectivity index (χ4v) is 7.67. The second kappa shape index (κ2) is 7.55. The summed E-state index contributed by atoms with van der Waals surface area (Å²) in [6.45, 7) is 1.83. The van der Waals surface area contributed by atoms with Crippen LogP contribution in [-0.2, 0) is 19.6 Å². The molecule has 1 unspecified atom stereocenters. The Morgan fingerprint density at radius 3 is 2.23 bits per heavy atom. The van der Waals surface area contributed by atoms with Gasteiger partial charge >= 0.3 is 11.8 Å². The van der Waals surface area contributed by atoms with Crippen LogP contribution >= 0.6 is 10.7 Å². The molecule has 0 spiro atoms. The average Bonchev–Trinajstić information content (AvgIpc) is 2.73. The van der Waals surface area contributed by atoms with E-state index in [1.807, 2.05) is 37.3 Å². The Morgan fingerprint density at radius 1 is 0.900 bits per heavy atom. The second-order valence-electron chi connectivity index (χ2n) is 6.72. The molecule has 4 rings (SSSR count). The van der Waals surface area contributed by atoms with Gasteiger partial charge in [-0.25, -0.2) is 8.42 Å². The van der Waals surface area contributed by atoms with Crippen molar-refractivity contribution >= 4 is 38.6 Å². The average molecular weight is 439 g/mol. The summed E-state index contributed by atoms with van der Waals surface area (Å²) in [4.78, 5) is 25.4. The zero-order valence-electron chi connectivity index (χ0n) is 16.0. The number of aryl methyl sites for hydroxylation is 1. The molecule has 1 atom stereocenters. The Hall–Kier alpha value is -3.23. The van der Waals surface area contributed by atoms with Gasteiger partial charge in [-0.2, -0.15) is 3.71 Å². The number of fused-ring (bicyclic) bond motifs is 2. The van der Waals surface area contributed by atoms with Crippen LogP contribution in [0.2, 0.25) is 0 Å². The zero-order chi connectivity index (χ0) is 21.5. The highest BCUT2D eigenvalue weighted by molar-refractivity contribution is 8.16. The lowest BCUT2D eigenvalue weighted by molar-refractivity contribution is -0.138. The van der Waals surface area contributed by atoms with Gasteiger partial charge in [0, 0.05) is 9.41 Å². The van der Waals surface area contributed by atoms with Gasteiger partial charge in [0.1, 0.15) is 0 Å². The molecule has 3 aromatic rings. The number of primary amides is 1. The molecule has 1 heterocycles. The minimum atomic E-state index is -4.37. The summed E-state index contributed by atoms with van der Waals surface area (Å²) >= 11 is 0. The van der Waals surface area contributed by atoms with Crippen molar-refractivity contribution < 1.29 is 18.0 Å². The molecular formula is C22H18N2O4S2. The Kier molecular flexibility index (Phi) is 5.05. The Balaban J connectivity index is 2.10. The number of nitrogens with zero attached hydrogens (tertiary/aromatic N) is 1. The number of amides is 2. The first-order valence-corrected chi connectivity index (χ1v) is 11.7. The summed E-state index contributed by atoms with van der Waals surface area (Å²) in [7, 11) is -5.76. The number of carbonyl (C=O) groups excluding carboxylic acids is 2. The van der Waals surface area contributed by atoms with Crippen molar-refractivity contribution in [2.24, 2.45) is 5.73 Å². The summed E-state index contributed by atoms with van der Waals surface area (Å²) in [5, 5.41) is 0.779. The molecule has 30 heavy (non-hydrogen) atoms. The lowest BCUT2D eigenvalue weighted by Gasteiger charge is -2.27.